The van der Waals surface area contributed by atoms with Crippen molar-refractivity contribution < 1.29 is 4.79 Å². The van der Waals surface area contributed by atoms with E-state index >= 15 is 0 Å². The van der Waals surface area contributed by atoms with E-state index in [1.54, 1.807) is 0 Å². The van der Waals surface area contributed by atoms with Crippen LogP contribution in [0.2, 0.25) is 10.0 Å². The Morgan fingerprint density at radius 2 is 1.71 bits per heavy atom. The van der Waals surface area contributed by atoms with E-state index in [1.165, 1.54) is 5.70 Å². The highest BCUT2D eigenvalue weighted by Gasteiger charge is 2.32. The quantitative estimate of drug-likeness (QED) is 0.737. The van der Waals surface area contributed by atoms with Gasteiger partial charge in [-0.25, -0.2) is 0 Å². The summed E-state index contributed by atoms with van der Waals surface area (Å²) in [5.41, 5.74) is 5.24. The second kappa shape index (κ2) is 7.02. The van der Waals surface area contributed by atoms with Gasteiger partial charge in [-0.3, -0.25) is 4.79 Å². The number of carbonyl (C=O) groups excluding carboxylic acids is 1. The molecule has 144 valence electrons. The third-order valence-corrected chi connectivity index (χ3v) is 6.40. The zero-order valence-corrected chi connectivity index (χ0v) is 17.0. The van der Waals surface area contributed by atoms with E-state index in [9.17, 15) is 4.79 Å². The van der Waals surface area contributed by atoms with Crippen LogP contribution in [0.15, 0.2) is 48.2 Å². The molecule has 0 N–H and O–H groups in total. The third kappa shape index (κ3) is 3.15. The van der Waals surface area contributed by atoms with E-state index in [1.807, 2.05) is 35.2 Å². The summed E-state index contributed by atoms with van der Waals surface area (Å²) >= 11 is 12.5. The number of nitrogens with zero attached hydrogens (tertiary/aromatic N) is 3. The minimum absolute atomic E-state index is 0.00446. The Morgan fingerprint density at radius 3 is 2.54 bits per heavy atom. The third-order valence-electron chi connectivity index (χ3n) is 5.85. The highest BCUT2D eigenvalue weighted by atomic mass is 35.5. The first-order chi connectivity index (χ1) is 13.6. The Morgan fingerprint density at radius 1 is 0.929 bits per heavy atom. The van der Waals surface area contributed by atoms with Crippen LogP contribution in [0, 0.1) is 0 Å². The van der Waals surface area contributed by atoms with Crippen molar-refractivity contribution in [2.75, 3.05) is 31.1 Å². The summed E-state index contributed by atoms with van der Waals surface area (Å²) in [6, 6.07) is 11.7. The Balaban J connectivity index is 1.38. The first-order valence-corrected chi connectivity index (χ1v) is 10.4. The van der Waals surface area contributed by atoms with Gasteiger partial charge in [0.1, 0.15) is 0 Å². The molecule has 0 unspecified atom stereocenters. The van der Waals surface area contributed by atoms with Gasteiger partial charge < -0.3 is 14.7 Å². The summed E-state index contributed by atoms with van der Waals surface area (Å²) in [4.78, 5) is 19.6. The zero-order valence-electron chi connectivity index (χ0n) is 15.5. The highest BCUT2D eigenvalue weighted by molar-refractivity contribution is 6.34. The first-order valence-electron chi connectivity index (χ1n) is 9.63. The summed E-state index contributed by atoms with van der Waals surface area (Å²) in [5.74, 6) is 0.00446. The summed E-state index contributed by atoms with van der Waals surface area (Å²) in [6.07, 6.45) is 3.47. The molecule has 1 amide bonds. The van der Waals surface area contributed by atoms with Crippen molar-refractivity contribution in [3.8, 4) is 0 Å². The van der Waals surface area contributed by atoms with E-state index < -0.39 is 0 Å². The lowest BCUT2D eigenvalue weighted by molar-refractivity contribution is 0.0767. The number of fused-ring (bicyclic) bond motifs is 2. The van der Waals surface area contributed by atoms with Crippen LogP contribution in [-0.4, -0.2) is 41.9 Å². The molecule has 0 saturated carbocycles. The molecule has 0 bridgehead atoms. The predicted molar refractivity (Wildman–Crippen MR) is 113 cm³/mol. The van der Waals surface area contributed by atoms with Crippen molar-refractivity contribution >= 4 is 34.8 Å². The smallest absolute Gasteiger partial charge is 0.256 e. The maximum atomic E-state index is 12.9. The van der Waals surface area contributed by atoms with Crippen LogP contribution >= 0.6 is 23.2 Å². The van der Waals surface area contributed by atoms with E-state index in [-0.39, 0.29) is 5.91 Å². The van der Waals surface area contributed by atoms with E-state index in [0.717, 1.165) is 49.4 Å². The molecule has 0 atom stereocenters. The summed E-state index contributed by atoms with van der Waals surface area (Å²) in [7, 11) is 0. The molecular weight excluding hydrogens is 393 g/mol. The average molecular weight is 414 g/mol. The van der Waals surface area contributed by atoms with Crippen LogP contribution in [-0.2, 0) is 13.1 Å². The Kier molecular flexibility index (Phi) is 4.48. The summed E-state index contributed by atoms with van der Waals surface area (Å²) in [5, 5.41) is 1.25. The molecule has 3 aliphatic rings. The minimum Gasteiger partial charge on any atom is -0.372 e. The lowest BCUT2D eigenvalue weighted by Gasteiger charge is -2.37. The standard InChI is InChI=1S/C22H21Cl2N3O/c23-17-5-3-15(4-6-17)12-27-13-16-10-19(11-20(24)21(16)22(27)28)26-9-8-25-7-1-2-18(25)14-26/h2-6,10-11H,1,7-9,12-14H2. The number of benzene rings is 2. The van der Waals surface area contributed by atoms with Gasteiger partial charge in [-0.15, -0.1) is 0 Å². The highest BCUT2D eigenvalue weighted by Crippen LogP contribution is 2.36. The van der Waals surface area contributed by atoms with Crippen LogP contribution in [0.3, 0.4) is 0 Å². The number of halogens is 2. The molecule has 28 heavy (non-hydrogen) atoms. The maximum absolute atomic E-state index is 12.9. The van der Waals surface area contributed by atoms with Crippen molar-refractivity contribution in [3.63, 3.8) is 0 Å². The normalized spacial score (nSPS) is 18.4. The van der Waals surface area contributed by atoms with Crippen LogP contribution in [0.25, 0.3) is 0 Å². The van der Waals surface area contributed by atoms with Crippen LogP contribution in [0.5, 0.6) is 0 Å². The van der Waals surface area contributed by atoms with Gasteiger partial charge in [-0.1, -0.05) is 41.4 Å². The second-order valence-corrected chi connectivity index (χ2v) is 8.49. The fraction of sp³-hybridized carbons (Fsp3) is 0.318. The molecule has 5 rings (SSSR count). The van der Waals surface area contributed by atoms with Crippen LogP contribution in [0.4, 0.5) is 5.69 Å². The molecule has 0 aromatic heterocycles. The van der Waals surface area contributed by atoms with Gasteiger partial charge >= 0.3 is 0 Å². The van der Waals surface area contributed by atoms with E-state index in [2.05, 4.69) is 21.9 Å². The largest absolute Gasteiger partial charge is 0.372 e. The molecule has 0 spiro atoms. The van der Waals surface area contributed by atoms with E-state index in [0.29, 0.717) is 28.7 Å². The number of hydrogen-bond donors (Lipinski definition) is 0. The zero-order chi connectivity index (χ0) is 19.3. The number of hydrogen-bond acceptors (Lipinski definition) is 3. The van der Waals surface area contributed by atoms with Crippen molar-refractivity contribution in [1.29, 1.82) is 0 Å². The fourth-order valence-electron chi connectivity index (χ4n) is 4.38. The average Bonchev–Trinajstić information content (AvgIpc) is 3.28. The molecule has 2 aromatic rings. The molecule has 2 aromatic carbocycles. The monoisotopic (exact) mass is 413 g/mol. The Labute approximate surface area is 174 Å². The number of carbonyl (C=O) groups is 1. The summed E-state index contributed by atoms with van der Waals surface area (Å²) in [6.45, 7) is 5.23. The van der Waals surface area contributed by atoms with Gasteiger partial charge in [-0.05, 0) is 41.8 Å². The van der Waals surface area contributed by atoms with E-state index in [4.69, 9.17) is 23.2 Å². The predicted octanol–water partition coefficient (Wildman–Crippen LogP) is 4.56. The molecule has 0 aliphatic carbocycles. The SMILES string of the molecule is O=C1c2c(Cl)cc(N3CCN4CCC=C4C3)cc2CN1Cc1ccc(Cl)cc1. The lowest BCUT2D eigenvalue weighted by Crippen LogP contribution is -2.43. The maximum Gasteiger partial charge on any atom is 0.256 e. The molecule has 4 nitrogen and oxygen atoms in total. The minimum atomic E-state index is 0.00446. The second-order valence-electron chi connectivity index (χ2n) is 7.64. The molecule has 3 aliphatic heterocycles. The number of amides is 1. The molecule has 1 fully saturated rings. The van der Waals surface area contributed by atoms with Crippen molar-refractivity contribution in [3.05, 3.63) is 74.9 Å². The molecule has 3 heterocycles. The Bertz CT molecular complexity index is 970. The fourth-order valence-corrected chi connectivity index (χ4v) is 4.82. The number of rotatable bonds is 3. The van der Waals surface area contributed by atoms with Gasteiger partial charge in [0.2, 0.25) is 0 Å². The van der Waals surface area contributed by atoms with Crippen molar-refractivity contribution in [2.45, 2.75) is 19.5 Å². The van der Waals surface area contributed by atoms with Gasteiger partial charge in [0, 0.05) is 49.1 Å². The topological polar surface area (TPSA) is 26.8 Å². The molecular formula is C22H21Cl2N3O. The van der Waals surface area contributed by atoms with Crippen LogP contribution in [0.1, 0.15) is 27.9 Å². The Hall–Kier alpha value is -2.17. The number of anilines is 1. The van der Waals surface area contributed by atoms with Crippen molar-refractivity contribution in [2.24, 2.45) is 0 Å². The summed E-state index contributed by atoms with van der Waals surface area (Å²) < 4.78 is 0. The van der Waals surface area contributed by atoms with Gasteiger partial charge in [-0.2, -0.15) is 0 Å². The van der Waals surface area contributed by atoms with Gasteiger partial charge in [0.25, 0.3) is 5.91 Å². The molecule has 6 heteroatoms. The number of piperazine rings is 1. The molecule has 0 radical (unpaired) electrons. The first kappa shape index (κ1) is 17.9. The van der Waals surface area contributed by atoms with Gasteiger partial charge in [0.15, 0.2) is 0 Å². The lowest BCUT2D eigenvalue weighted by atomic mass is 10.1. The molecule has 1 saturated heterocycles. The van der Waals surface area contributed by atoms with Gasteiger partial charge in [0.05, 0.1) is 17.1 Å². The van der Waals surface area contributed by atoms with Crippen LogP contribution < -0.4 is 4.90 Å². The van der Waals surface area contributed by atoms with Crippen molar-refractivity contribution in [1.82, 2.24) is 9.80 Å².